The summed E-state index contributed by atoms with van der Waals surface area (Å²) in [6, 6.07) is 19.3. The monoisotopic (exact) mass is 252 g/mol. The van der Waals surface area contributed by atoms with Gasteiger partial charge in [0.25, 0.3) is 0 Å². The average Bonchev–Trinajstić information content (AvgIpc) is 2.73. The van der Waals surface area contributed by atoms with Gasteiger partial charge >= 0.3 is 0 Å². The third kappa shape index (κ3) is 1.97. The Hall–Kier alpha value is -1.96. The van der Waals surface area contributed by atoms with Gasteiger partial charge in [-0.05, 0) is 37.6 Å². The SMILES string of the molecule is CCCN1c2ccccc2N(c2ccccc2)C1C. The van der Waals surface area contributed by atoms with Crippen LogP contribution in [0.2, 0.25) is 0 Å². The lowest BCUT2D eigenvalue weighted by Gasteiger charge is -2.30. The molecule has 2 aromatic rings. The van der Waals surface area contributed by atoms with Crippen molar-refractivity contribution in [2.45, 2.75) is 26.4 Å². The highest BCUT2D eigenvalue weighted by Gasteiger charge is 2.32. The maximum Gasteiger partial charge on any atom is 0.104 e. The van der Waals surface area contributed by atoms with Gasteiger partial charge in [0.1, 0.15) is 6.17 Å². The van der Waals surface area contributed by atoms with E-state index in [1.54, 1.807) is 0 Å². The zero-order valence-corrected chi connectivity index (χ0v) is 11.6. The first-order valence-electron chi connectivity index (χ1n) is 7.03. The van der Waals surface area contributed by atoms with Crippen LogP contribution in [-0.4, -0.2) is 12.7 Å². The van der Waals surface area contributed by atoms with Gasteiger partial charge in [0, 0.05) is 12.2 Å². The van der Waals surface area contributed by atoms with Gasteiger partial charge < -0.3 is 9.80 Å². The molecule has 1 aliphatic heterocycles. The molecule has 0 bridgehead atoms. The van der Waals surface area contributed by atoms with Crippen LogP contribution in [0.1, 0.15) is 20.3 Å². The van der Waals surface area contributed by atoms with Crippen molar-refractivity contribution < 1.29 is 0 Å². The number of nitrogens with zero attached hydrogens (tertiary/aromatic N) is 2. The molecule has 0 radical (unpaired) electrons. The first kappa shape index (κ1) is 12.1. The third-order valence-corrected chi connectivity index (χ3v) is 3.77. The van der Waals surface area contributed by atoms with Gasteiger partial charge in [-0.1, -0.05) is 37.3 Å². The molecular formula is C17H20N2. The fourth-order valence-electron chi connectivity index (χ4n) is 2.94. The number of para-hydroxylation sites is 3. The van der Waals surface area contributed by atoms with Gasteiger partial charge in [-0.2, -0.15) is 0 Å². The first-order chi connectivity index (χ1) is 9.33. The molecule has 98 valence electrons. The molecule has 0 aliphatic carbocycles. The number of benzene rings is 2. The second-order valence-corrected chi connectivity index (χ2v) is 5.02. The first-order valence-corrected chi connectivity index (χ1v) is 7.03. The van der Waals surface area contributed by atoms with Gasteiger partial charge in [0.15, 0.2) is 0 Å². The molecule has 2 aromatic carbocycles. The normalized spacial score (nSPS) is 17.7. The van der Waals surface area contributed by atoms with Crippen LogP contribution in [-0.2, 0) is 0 Å². The van der Waals surface area contributed by atoms with Crippen molar-refractivity contribution in [2.24, 2.45) is 0 Å². The maximum atomic E-state index is 2.49. The van der Waals surface area contributed by atoms with Crippen molar-refractivity contribution in [3.8, 4) is 0 Å². The van der Waals surface area contributed by atoms with Crippen molar-refractivity contribution >= 4 is 17.1 Å². The van der Waals surface area contributed by atoms with Gasteiger partial charge in [-0.25, -0.2) is 0 Å². The summed E-state index contributed by atoms with van der Waals surface area (Å²) in [5, 5.41) is 0. The predicted molar refractivity (Wildman–Crippen MR) is 82.1 cm³/mol. The van der Waals surface area contributed by atoms with Crippen LogP contribution < -0.4 is 9.80 Å². The smallest absolute Gasteiger partial charge is 0.104 e. The van der Waals surface area contributed by atoms with Gasteiger partial charge in [-0.3, -0.25) is 0 Å². The van der Waals surface area contributed by atoms with Crippen LogP contribution in [0, 0.1) is 0 Å². The zero-order chi connectivity index (χ0) is 13.2. The van der Waals surface area contributed by atoms with Crippen LogP contribution in [0.25, 0.3) is 0 Å². The van der Waals surface area contributed by atoms with E-state index in [1.807, 2.05) is 0 Å². The number of hydrogen-bond donors (Lipinski definition) is 0. The van der Waals surface area contributed by atoms with E-state index in [9.17, 15) is 0 Å². The van der Waals surface area contributed by atoms with Crippen LogP contribution in [0.3, 0.4) is 0 Å². The molecule has 0 saturated carbocycles. The Bertz CT molecular complexity index is 550. The summed E-state index contributed by atoms with van der Waals surface area (Å²) in [5.41, 5.74) is 3.93. The molecule has 1 aliphatic rings. The minimum Gasteiger partial charge on any atom is -0.349 e. The molecule has 0 spiro atoms. The predicted octanol–water partition coefficient (Wildman–Crippen LogP) is 4.40. The molecule has 0 N–H and O–H groups in total. The van der Waals surface area contributed by atoms with Gasteiger partial charge in [0.05, 0.1) is 11.4 Å². The fraction of sp³-hybridized carbons (Fsp3) is 0.294. The number of anilines is 3. The number of fused-ring (bicyclic) bond motifs is 1. The second kappa shape index (κ2) is 4.96. The highest BCUT2D eigenvalue weighted by atomic mass is 15.4. The summed E-state index contributed by atoms with van der Waals surface area (Å²) in [6.45, 7) is 5.62. The Kier molecular flexibility index (Phi) is 3.16. The summed E-state index contributed by atoms with van der Waals surface area (Å²) < 4.78 is 0. The topological polar surface area (TPSA) is 6.48 Å². The quantitative estimate of drug-likeness (QED) is 0.798. The molecule has 3 rings (SSSR count). The lowest BCUT2D eigenvalue weighted by molar-refractivity contribution is 0.664. The molecule has 2 heteroatoms. The van der Waals surface area contributed by atoms with Crippen LogP contribution in [0.5, 0.6) is 0 Å². The highest BCUT2D eigenvalue weighted by molar-refractivity contribution is 5.83. The standard InChI is InChI=1S/C17H20N2/c1-3-13-18-14(2)19(15-9-5-4-6-10-15)17-12-8-7-11-16(17)18/h4-12,14H,3,13H2,1-2H3. The summed E-state index contributed by atoms with van der Waals surface area (Å²) in [4.78, 5) is 4.91. The van der Waals surface area contributed by atoms with Crippen molar-refractivity contribution in [1.29, 1.82) is 0 Å². The van der Waals surface area contributed by atoms with E-state index >= 15 is 0 Å². The molecular weight excluding hydrogens is 232 g/mol. The molecule has 0 fully saturated rings. The van der Waals surface area contributed by atoms with Crippen molar-refractivity contribution in [1.82, 2.24) is 0 Å². The minimum absolute atomic E-state index is 0.375. The lowest BCUT2D eigenvalue weighted by Crippen LogP contribution is -2.38. The average molecular weight is 252 g/mol. The summed E-state index contributed by atoms with van der Waals surface area (Å²) in [7, 11) is 0. The van der Waals surface area contributed by atoms with E-state index < -0.39 is 0 Å². The Balaban J connectivity index is 2.07. The van der Waals surface area contributed by atoms with Crippen LogP contribution in [0.15, 0.2) is 54.6 Å². The Morgan fingerprint density at radius 1 is 0.895 bits per heavy atom. The Labute approximate surface area is 115 Å². The van der Waals surface area contributed by atoms with Crippen molar-refractivity contribution in [3.05, 3.63) is 54.6 Å². The molecule has 0 aromatic heterocycles. The maximum absolute atomic E-state index is 2.49. The van der Waals surface area contributed by atoms with E-state index in [-0.39, 0.29) is 0 Å². The number of hydrogen-bond acceptors (Lipinski definition) is 2. The Morgan fingerprint density at radius 2 is 1.53 bits per heavy atom. The lowest BCUT2D eigenvalue weighted by atomic mass is 10.2. The van der Waals surface area contributed by atoms with Gasteiger partial charge in [-0.15, -0.1) is 0 Å². The zero-order valence-electron chi connectivity index (χ0n) is 11.6. The molecule has 1 heterocycles. The van der Waals surface area contributed by atoms with E-state index in [4.69, 9.17) is 0 Å². The summed E-state index contributed by atoms with van der Waals surface area (Å²) in [5.74, 6) is 0. The van der Waals surface area contributed by atoms with E-state index in [0.717, 1.165) is 6.54 Å². The van der Waals surface area contributed by atoms with Crippen molar-refractivity contribution in [3.63, 3.8) is 0 Å². The molecule has 1 atom stereocenters. The molecule has 1 unspecified atom stereocenters. The van der Waals surface area contributed by atoms with Gasteiger partial charge in [0.2, 0.25) is 0 Å². The summed E-state index contributed by atoms with van der Waals surface area (Å²) >= 11 is 0. The summed E-state index contributed by atoms with van der Waals surface area (Å²) in [6.07, 6.45) is 1.54. The molecule has 0 amide bonds. The van der Waals surface area contributed by atoms with Crippen LogP contribution in [0.4, 0.5) is 17.1 Å². The highest BCUT2D eigenvalue weighted by Crippen LogP contribution is 2.43. The van der Waals surface area contributed by atoms with E-state index in [0.29, 0.717) is 6.17 Å². The third-order valence-electron chi connectivity index (χ3n) is 3.77. The number of rotatable bonds is 3. The molecule has 0 saturated heterocycles. The van der Waals surface area contributed by atoms with Crippen molar-refractivity contribution in [2.75, 3.05) is 16.3 Å². The second-order valence-electron chi connectivity index (χ2n) is 5.02. The Morgan fingerprint density at radius 3 is 2.21 bits per heavy atom. The van der Waals surface area contributed by atoms with Crippen LogP contribution >= 0.6 is 0 Å². The minimum atomic E-state index is 0.375. The molecule has 2 nitrogen and oxygen atoms in total. The fourth-order valence-corrected chi connectivity index (χ4v) is 2.94. The van der Waals surface area contributed by atoms with E-state index in [1.165, 1.54) is 23.5 Å². The largest absolute Gasteiger partial charge is 0.349 e. The molecule has 19 heavy (non-hydrogen) atoms. The van der Waals surface area contributed by atoms with E-state index in [2.05, 4.69) is 78.2 Å².